The van der Waals surface area contributed by atoms with E-state index in [1.165, 1.54) is 0 Å². The lowest BCUT2D eigenvalue weighted by Gasteiger charge is -2.31. The van der Waals surface area contributed by atoms with Crippen LogP contribution in [-0.4, -0.2) is 30.7 Å². The van der Waals surface area contributed by atoms with E-state index in [9.17, 15) is 4.39 Å². The molecule has 1 aliphatic rings. The maximum atomic E-state index is 13.5. The van der Waals surface area contributed by atoms with Crippen LogP contribution < -0.4 is 0 Å². The van der Waals surface area contributed by atoms with Gasteiger partial charge in [-0.3, -0.25) is 0 Å². The van der Waals surface area contributed by atoms with Crippen molar-refractivity contribution in [1.82, 2.24) is 4.90 Å². The van der Waals surface area contributed by atoms with Gasteiger partial charge < -0.3 is 10.3 Å². The number of hydrogen-bond acceptors (Lipinski definition) is 2. The van der Waals surface area contributed by atoms with Crippen LogP contribution in [0.3, 0.4) is 0 Å². The van der Waals surface area contributed by atoms with Gasteiger partial charge in [-0.1, -0.05) is 13.8 Å². The third-order valence-corrected chi connectivity index (χ3v) is 3.56. The van der Waals surface area contributed by atoms with E-state index in [2.05, 4.69) is 18.9 Å². The first-order valence-electron chi connectivity index (χ1n) is 6.18. The molecule has 0 aliphatic carbocycles. The maximum absolute atomic E-state index is 13.5. The van der Waals surface area contributed by atoms with Crippen molar-refractivity contribution in [2.24, 2.45) is 11.8 Å². The highest BCUT2D eigenvalue weighted by Crippen LogP contribution is 2.26. The van der Waals surface area contributed by atoms with Gasteiger partial charge in [-0.2, -0.15) is 0 Å². The number of rotatable bonds is 4. The predicted molar refractivity (Wildman–Crippen MR) is 66.6 cm³/mol. The van der Waals surface area contributed by atoms with Gasteiger partial charge in [-0.15, -0.1) is 0 Å². The minimum atomic E-state index is -0.325. The summed E-state index contributed by atoms with van der Waals surface area (Å²) >= 11 is 0. The summed E-state index contributed by atoms with van der Waals surface area (Å²) in [5.74, 6) is 0.501. The van der Waals surface area contributed by atoms with Gasteiger partial charge in [-0.25, -0.2) is 4.39 Å². The summed E-state index contributed by atoms with van der Waals surface area (Å²) in [5.41, 5.74) is 0.125. The molecule has 92 valence electrons. The van der Waals surface area contributed by atoms with Crippen LogP contribution in [0.2, 0.25) is 0 Å². The molecule has 0 spiro atoms. The zero-order chi connectivity index (χ0) is 12.1. The van der Waals surface area contributed by atoms with Crippen molar-refractivity contribution < 1.29 is 4.39 Å². The van der Waals surface area contributed by atoms with Gasteiger partial charge >= 0.3 is 0 Å². The van der Waals surface area contributed by atoms with Crippen molar-refractivity contribution in [3.05, 3.63) is 11.9 Å². The molecular weight excluding hydrogens is 203 g/mol. The van der Waals surface area contributed by atoms with Crippen molar-refractivity contribution >= 4 is 5.71 Å². The Hall–Kier alpha value is -0.700. The van der Waals surface area contributed by atoms with Crippen LogP contribution in [0.1, 0.15) is 33.1 Å². The smallest absolute Gasteiger partial charge is 0.140 e. The lowest BCUT2D eigenvalue weighted by Crippen LogP contribution is -2.32. The van der Waals surface area contributed by atoms with Gasteiger partial charge in [0.05, 0.1) is 5.71 Å². The van der Waals surface area contributed by atoms with E-state index in [1.54, 1.807) is 6.08 Å². The summed E-state index contributed by atoms with van der Waals surface area (Å²) in [6.45, 7) is 6.10. The van der Waals surface area contributed by atoms with Crippen molar-refractivity contribution in [1.29, 1.82) is 5.41 Å². The average Bonchev–Trinajstić information content (AvgIpc) is 2.28. The van der Waals surface area contributed by atoms with Crippen LogP contribution in [0.4, 0.5) is 4.39 Å². The summed E-state index contributed by atoms with van der Waals surface area (Å²) in [6, 6.07) is 0. The molecule has 0 bridgehead atoms. The Bertz CT molecular complexity index is 265. The minimum Gasteiger partial charge on any atom is -0.306 e. The van der Waals surface area contributed by atoms with Crippen LogP contribution >= 0.6 is 0 Å². The first-order valence-corrected chi connectivity index (χ1v) is 6.18. The molecule has 2 nitrogen and oxygen atoms in total. The summed E-state index contributed by atoms with van der Waals surface area (Å²) in [6.07, 6.45) is 4.39. The highest BCUT2D eigenvalue weighted by molar-refractivity contribution is 5.95. The molecule has 1 fully saturated rings. The molecule has 1 unspecified atom stereocenters. The molecule has 0 saturated carbocycles. The predicted octanol–water partition coefficient (Wildman–Crippen LogP) is 3.25. The first-order chi connectivity index (χ1) is 7.54. The average molecular weight is 226 g/mol. The Kier molecular flexibility index (Phi) is 5.13. The van der Waals surface area contributed by atoms with E-state index in [0.717, 1.165) is 25.9 Å². The summed E-state index contributed by atoms with van der Waals surface area (Å²) in [7, 11) is 2.13. The third-order valence-electron chi connectivity index (χ3n) is 3.56. The van der Waals surface area contributed by atoms with Crippen LogP contribution in [-0.2, 0) is 0 Å². The van der Waals surface area contributed by atoms with E-state index in [4.69, 9.17) is 5.41 Å². The van der Waals surface area contributed by atoms with Gasteiger partial charge in [0.1, 0.15) is 5.83 Å². The zero-order valence-electron chi connectivity index (χ0n) is 10.6. The molecule has 16 heavy (non-hydrogen) atoms. The van der Waals surface area contributed by atoms with E-state index in [0.29, 0.717) is 12.3 Å². The van der Waals surface area contributed by atoms with Crippen LogP contribution in [0, 0.1) is 17.2 Å². The molecule has 1 heterocycles. The highest BCUT2D eigenvalue weighted by atomic mass is 19.1. The van der Waals surface area contributed by atoms with E-state index >= 15 is 0 Å². The molecule has 1 saturated heterocycles. The molecule has 0 aromatic rings. The lowest BCUT2D eigenvalue weighted by molar-refractivity contribution is 0.194. The summed E-state index contributed by atoms with van der Waals surface area (Å²) in [5, 5.41) is 7.43. The second-order valence-corrected chi connectivity index (χ2v) is 4.85. The van der Waals surface area contributed by atoms with E-state index < -0.39 is 0 Å². The maximum Gasteiger partial charge on any atom is 0.140 e. The Balaban J connectivity index is 2.51. The Morgan fingerprint density at radius 3 is 2.56 bits per heavy atom. The van der Waals surface area contributed by atoms with E-state index in [1.807, 2.05) is 6.92 Å². The molecule has 1 atom stereocenters. The minimum absolute atomic E-state index is 0.125. The fourth-order valence-electron chi connectivity index (χ4n) is 2.19. The Morgan fingerprint density at radius 1 is 1.50 bits per heavy atom. The number of likely N-dealkylation sites (tertiary alicyclic amines) is 1. The standard InChI is InChI=1S/C13H23FN2/c1-4-13(15)12(14)9-10(2)11-5-7-16(3)8-6-11/h9-11,15H,4-8H2,1-3H3. The van der Waals surface area contributed by atoms with Gasteiger partial charge in [0.25, 0.3) is 0 Å². The summed E-state index contributed by atoms with van der Waals surface area (Å²) in [4.78, 5) is 2.32. The molecule has 0 radical (unpaired) electrons. The number of nitrogens with one attached hydrogen (secondary N) is 1. The number of piperidine rings is 1. The fraction of sp³-hybridized carbons (Fsp3) is 0.769. The monoisotopic (exact) mass is 226 g/mol. The van der Waals surface area contributed by atoms with Crippen molar-refractivity contribution in [3.8, 4) is 0 Å². The lowest BCUT2D eigenvalue weighted by atomic mass is 9.85. The van der Waals surface area contributed by atoms with Gasteiger partial charge in [0, 0.05) is 0 Å². The first kappa shape index (κ1) is 13.4. The van der Waals surface area contributed by atoms with Crippen molar-refractivity contribution in [2.75, 3.05) is 20.1 Å². The number of halogens is 1. The van der Waals surface area contributed by atoms with Gasteiger partial charge in [-0.05, 0) is 57.3 Å². The van der Waals surface area contributed by atoms with Crippen LogP contribution in [0.25, 0.3) is 0 Å². The number of allylic oxidation sites excluding steroid dienone is 2. The summed E-state index contributed by atoms with van der Waals surface area (Å²) < 4.78 is 13.5. The Labute approximate surface area is 98.0 Å². The number of nitrogens with zero attached hydrogens (tertiary/aromatic N) is 1. The molecular formula is C13H23FN2. The molecule has 1 rings (SSSR count). The zero-order valence-corrected chi connectivity index (χ0v) is 10.6. The highest BCUT2D eigenvalue weighted by Gasteiger charge is 2.21. The Morgan fingerprint density at radius 2 is 2.06 bits per heavy atom. The van der Waals surface area contributed by atoms with Crippen LogP contribution in [0.15, 0.2) is 11.9 Å². The van der Waals surface area contributed by atoms with E-state index in [-0.39, 0.29) is 17.5 Å². The second-order valence-electron chi connectivity index (χ2n) is 4.85. The fourth-order valence-corrected chi connectivity index (χ4v) is 2.19. The molecule has 1 N–H and O–H groups in total. The SMILES string of the molecule is CCC(=N)C(F)=CC(C)C1CCN(C)CC1. The molecule has 0 aromatic heterocycles. The van der Waals surface area contributed by atoms with Crippen molar-refractivity contribution in [2.45, 2.75) is 33.1 Å². The quantitative estimate of drug-likeness (QED) is 0.732. The second kappa shape index (κ2) is 6.14. The molecule has 3 heteroatoms. The van der Waals surface area contributed by atoms with Crippen LogP contribution in [0.5, 0.6) is 0 Å². The van der Waals surface area contributed by atoms with Gasteiger partial charge in [0.2, 0.25) is 0 Å². The van der Waals surface area contributed by atoms with Gasteiger partial charge in [0.15, 0.2) is 0 Å². The normalized spacial score (nSPS) is 22.1. The third kappa shape index (κ3) is 3.71. The van der Waals surface area contributed by atoms with Crippen molar-refractivity contribution in [3.63, 3.8) is 0 Å². The topological polar surface area (TPSA) is 27.1 Å². The molecule has 0 amide bonds. The largest absolute Gasteiger partial charge is 0.306 e. The molecule has 1 aliphatic heterocycles. The number of hydrogen-bond donors (Lipinski definition) is 1. The molecule has 0 aromatic carbocycles.